The third-order valence-electron chi connectivity index (χ3n) is 6.05. The van der Waals surface area contributed by atoms with Crippen LogP contribution in [0.3, 0.4) is 0 Å². The number of likely N-dealkylation sites (tertiary alicyclic amines) is 1. The summed E-state index contributed by atoms with van der Waals surface area (Å²) < 4.78 is 7.10. The van der Waals surface area contributed by atoms with Crippen molar-refractivity contribution in [2.75, 3.05) is 19.6 Å². The van der Waals surface area contributed by atoms with E-state index in [-0.39, 0.29) is 23.8 Å². The molecule has 1 unspecified atom stereocenters. The third-order valence-corrected chi connectivity index (χ3v) is 6.05. The van der Waals surface area contributed by atoms with Gasteiger partial charge in [0.1, 0.15) is 5.76 Å². The van der Waals surface area contributed by atoms with Gasteiger partial charge >= 0.3 is 0 Å². The maximum Gasteiger partial charge on any atom is 0.226 e. The van der Waals surface area contributed by atoms with E-state index in [4.69, 9.17) is 4.52 Å². The first-order chi connectivity index (χ1) is 13.7. The van der Waals surface area contributed by atoms with Crippen LogP contribution in [-0.2, 0) is 16.0 Å². The molecular weight excluding hydrogens is 370 g/mol. The molecule has 8 heteroatoms. The van der Waals surface area contributed by atoms with Gasteiger partial charge in [-0.2, -0.15) is 5.10 Å². The summed E-state index contributed by atoms with van der Waals surface area (Å²) in [6.45, 7) is 13.4. The molecule has 8 nitrogen and oxygen atoms in total. The number of carbonyl (C=O) groups excluding carboxylic acids is 2. The molecule has 158 valence electrons. The number of rotatable bonds is 7. The second-order valence-electron chi connectivity index (χ2n) is 8.13. The lowest BCUT2D eigenvalue weighted by molar-refractivity contribution is -0.143. The van der Waals surface area contributed by atoms with Crippen LogP contribution >= 0.6 is 0 Å². The van der Waals surface area contributed by atoms with E-state index in [1.165, 1.54) is 5.56 Å². The summed E-state index contributed by atoms with van der Waals surface area (Å²) in [7, 11) is 0. The first-order valence-electron chi connectivity index (χ1n) is 10.2. The predicted octanol–water partition coefficient (Wildman–Crippen LogP) is 2.18. The summed E-state index contributed by atoms with van der Waals surface area (Å²) >= 11 is 0. The Morgan fingerprint density at radius 1 is 1.17 bits per heavy atom. The van der Waals surface area contributed by atoms with Gasteiger partial charge in [-0.3, -0.25) is 14.3 Å². The van der Waals surface area contributed by atoms with E-state index in [0.717, 1.165) is 28.4 Å². The number of aryl methyl sites for hydroxylation is 3. The monoisotopic (exact) mass is 401 g/mol. The van der Waals surface area contributed by atoms with Crippen LogP contribution < -0.4 is 5.32 Å². The Morgan fingerprint density at radius 3 is 2.41 bits per heavy atom. The lowest BCUT2D eigenvalue weighted by Gasteiger charge is -2.38. The Hall–Kier alpha value is -2.64. The van der Waals surface area contributed by atoms with Gasteiger partial charge in [-0.15, -0.1) is 0 Å². The first kappa shape index (κ1) is 21.1. The van der Waals surface area contributed by atoms with Crippen LogP contribution in [0.5, 0.6) is 0 Å². The van der Waals surface area contributed by atoms with Gasteiger partial charge in [0.05, 0.1) is 23.3 Å². The number of amides is 2. The largest absolute Gasteiger partial charge is 0.361 e. The average Bonchev–Trinajstić information content (AvgIpc) is 3.10. The Kier molecular flexibility index (Phi) is 6.10. The molecule has 2 aromatic rings. The number of carbonyl (C=O) groups is 2. The molecule has 1 saturated heterocycles. The highest BCUT2D eigenvalue weighted by Crippen LogP contribution is 2.20. The van der Waals surface area contributed by atoms with E-state index in [0.29, 0.717) is 32.5 Å². The Morgan fingerprint density at radius 2 is 1.86 bits per heavy atom. The van der Waals surface area contributed by atoms with E-state index in [1.54, 1.807) is 4.90 Å². The molecule has 3 heterocycles. The number of hydrogen-bond donors (Lipinski definition) is 1. The first-order valence-corrected chi connectivity index (χ1v) is 10.2. The predicted molar refractivity (Wildman–Crippen MR) is 109 cm³/mol. The molecule has 1 aliphatic heterocycles. The zero-order valence-electron chi connectivity index (χ0n) is 18.2. The summed E-state index contributed by atoms with van der Waals surface area (Å²) in [5.41, 5.74) is 5.17. The molecule has 0 bridgehead atoms. The smallest absolute Gasteiger partial charge is 0.226 e. The van der Waals surface area contributed by atoms with Gasteiger partial charge in [-0.05, 0) is 53.5 Å². The SMILES string of the molecule is Cc1nn(C(C)CNC(=O)C2CN(C(=O)CCc3c(C)noc3C)C2)c(C)c1C. The molecule has 0 radical (unpaired) electrons. The lowest BCUT2D eigenvalue weighted by atomic mass is 9.97. The lowest BCUT2D eigenvalue weighted by Crippen LogP contribution is -2.56. The van der Waals surface area contributed by atoms with E-state index in [1.807, 2.05) is 39.3 Å². The van der Waals surface area contributed by atoms with Crippen LogP contribution in [0.25, 0.3) is 0 Å². The van der Waals surface area contributed by atoms with Gasteiger partial charge < -0.3 is 14.7 Å². The third kappa shape index (κ3) is 4.36. The van der Waals surface area contributed by atoms with Crippen LogP contribution in [0.1, 0.15) is 53.4 Å². The maximum absolute atomic E-state index is 12.4. The van der Waals surface area contributed by atoms with Gasteiger partial charge in [0.25, 0.3) is 0 Å². The summed E-state index contributed by atoms with van der Waals surface area (Å²) in [4.78, 5) is 26.5. The zero-order valence-corrected chi connectivity index (χ0v) is 18.2. The van der Waals surface area contributed by atoms with Gasteiger partial charge in [0.2, 0.25) is 11.8 Å². The standard InChI is InChI=1S/C21H31N5O3/c1-12(26-16(5)13(2)14(3)23-26)9-22-21(28)18-10-25(11-18)20(27)8-7-19-15(4)24-29-17(19)6/h12,18H,7-11H2,1-6H3,(H,22,28). The van der Waals surface area contributed by atoms with Crippen molar-refractivity contribution in [3.8, 4) is 0 Å². The minimum Gasteiger partial charge on any atom is -0.361 e. The summed E-state index contributed by atoms with van der Waals surface area (Å²) in [6, 6.07) is 0.0826. The second-order valence-corrected chi connectivity index (χ2v) is 8.13. The highest BCUT2D eigenvalue weighted by Gasteiger charge is 2.35. The molecule has 2 aromatic heterocycles. The fraction of sp³-hybridized carbons (Fsp3) is 0.619. The molecule has 0 aromatic carbocycles. The van der Waals surface area contributed by atoms with Gasteiger partial charge in [-0.1, -0.05) is 5.16 Å². The quantitative estimate of drug-likeness (QED) is 0.768. The number of nitrogens with one attached hydrogen (secondary N) is 1. The normalized spacial score (nSPS) is 15.3. The molecule has 1 aliphatic rings. The molecule has 1 N–H and O–H groups in total. The summed E-state index contributed by atoms with van der Waals surface area (Å²) in [5.74, 6) is 0.709. The van der Waals surface area contributed by atoms with Crippen molar-refractivity contribution < 1.29 is 14.1 Å². The minimum absolute atomic E-state index is 0.00452. The van der Waals surface area contributed by atoms with Crippen molar-refractivity contribution in [2.24, 2.45) is 5.92 Å². The maximum atomic E-state index is 12.4. The molecule has 1 atom stereocenters. The molecule has 0 spiro atoms. The highest BCUT2D eigenvalue weighted by atomic mass is 16.5. The number of hydrogen-bond acceptors (Lipinski definition) is 5. The fourth-order valence-electron chi connectivity index (χ4n) is 3.75. The Labute approximate surface area is 171 Å². The number of nitrogens with zero attached hydrogens (tertiary/aromatic N) is 4. The molecule has 3 rings (SSSR count). The van der Waals surface area contributed by atoms with Crippen molar-refractivity contribution in [1.29, 1.82) is 0 Å². The average molecular weight is 402 g/mol. The van der Waals surface area contributed by atoms with Crippen molar-refractivity contribution in [2.45, 2.75) is 60.4 Å². The van der Waals surface area contributed by atoms with Crippen LogP contribution in [0.4, 0.5) is 0 Å². The van der Waals surface area contributed by atoms with Crippen molar-refractivity contribution in [1.82, 2.24) is 25.2 Å². The molecule has 29 heavy (non-hydrogen) atoms. The van der Waals surface area contributed by atoms with Crippen molar-refractivity contribution in [3.05, 3.63) is 34.0 Å². The van der Waals surface area contributed by atoms with Crippen molar-refractivity contribution in [3.63, 3.8) is 0 Å². The van der Waals surface area contributed by atoms with Gasteiger partial charge in [-0.25, -0.2) is 0 Å². The Balaban J connectivity index is 1.41. The second kappa shape index (κ2) is 8.39. The van der Waals surface area contributed by atoms with E-state index < -0.39 is 0 Å². The Bertz CT molecular complexity index is 888. The molecule has 1 fully saturated rings. The molecule has 0 saturated carbocycles. The van der Waals surface area contributed by atoms with E-state index >= 15 is 0 Å². The number of aromatic nitrogens is 3. The summed E-state index contributed by atoms with van der Waals surface area (Å²) in [6.07, 6.45) is 1.03. The van der Waals surface area contributed by atoms with Crippen LogP contribution in [-0.4, -0.2) is 51.3 Å². The topological polar surface area (TPSA) is 93.3 Å². The molecular formula is C21H31N5O3. The molecule has 0 aliphatic carbocycles. The highest BCUT2D eigenvalue weighted by molar-refractivity contribution is 5.84. The van der Waals surface area contributed by atoms with E-state index in [9.17, 15) is 9.59 Å². The van der Waals surface area contributed by atoms with Gasteiger partial charge in [0.15, 0.2) is 0 Å². The summed E-state index contributed by atoms with van der Waals surface area (Å²) in [5, 5.41) is 11.5. The van der Waals surface area contributed by atoms with Crippen LogP contribution in [0.15, 0.2) is 4.52 Å². The van der Waals surface area contributed by atoms with Crippen LogP contribution in [0.2, 0.25) is 0 Å². The van der Waals surface area contributed by atoms with Gasteiger partial charge in [0, 0.05) is 37.3 Å². The fourth-order valence-corrected chi connectivity index (χ4v) is 3.75. The minimum atomic E-state index is -0.132. The van der Waals surface area contributed by atoms with Crippen molar-refractivity contribution >= 4 is 11.8 Å². The van der Waals surface area contributed by atoms with E-state index in [2.05, 4.69) is 22.5 Å². The van der Waals surface area contributed by atoms with Crippen LogP contribution in [0, 0.1) is 40.5 Å². The molecule has 2 amide bonds. The zero-order chi connectivity index (χ0) is 21.3.